The maximum atomic E-state index is 11.9. The molecule has 0 unspecified atom stereocenters. The van der Waals surface area contributed by atoms with Crippen LogP contribution in [-0.4, -0.2) is 18.0 Å². The third kappa shape index (κ3) is 3.32. The van der Waals surface area contributed by atoms with Crippen LogP contribution in [0.4, 0.5) is 0 Å². The number of hydrogen-bond donors (Lipinski definition) is 2. The molecule has 16 heavy (non-hydrogen) atoms. The van der Waals surface area contributed by atoms with E-state index in [0.29, 0.717) is 12.1 Å². The van der Waals surface area contributed by atoms with E-state index < -0.39 is 0 Å². The fourth-order valence-corrected chi connectivity index (χ4v) is 1.54. The van der Waals surface area contributed by atoms with E-state index in [0.717, 1.165) is 10.0 Å². The Hall–Kier alpha value is -0.870. The number of rotatable bonds is 3. The first-order valence-corrected chi connectivity index (χ1v) is 5.94. The summed E-state index contributed by atoms with van der Waals surface area (Å²) in [6.07, 6.45) is 0. The van der Waals surface area contributed by atoms with Crippen molar-refractivity contribution in [3.05, 3.63) is 33.8 Å². The molecule has 0 fully saturated rings. The van der Waals surface area contributed by atoms with Crippen LogP contribution < -0.4 is 11.1 Å². The topological polar surface area (TPSA) is 55.1 Å². The zero-order valence-corrected chi connectivity index (χ0v) is 11.4. The number of benzene rings is 1. The van der Waals surface area contributed by atoms with Gasteiger partial charge in [-0.1, -0.05) is 22.0 Å². The smallest absolute Gasteiger partial charge is 0.251 e. The fourth-order valence-electron chi connectivity index (χ4n) is 1.16. The molecule has 0 bridgehead atoms. The molecule has 3 nitrogen and oxygen atoms in total. The third-order valence-corrected chi connectivity index (χ3v) is 3.25. The number of amides is 1. The van der Waals surface area contributed by atoms with Crippen molar-refractivity contribution >= 4 is 21.8 Å². The van der Waals surface area contributed by atoms with Crippen molar-refractivity contribution in [1.29, 1.82) is 0 Å². The van der Waals surface area contributed by atoms with Crippen LogP contribution in [0.1, 0.15) is 29.8 Å². The van der Waals surface area contributed by atoms with Crippen LogP contribution in [0.25, 0.3) is 0 Å². The Morgan fingerprint density at radius 1 is 1.50 bits per heavy atom. The normalized spacial score (nSPS) is 11.3. The van der Waals surface area contributed by atoms with Crippen LogP contribution >= 0.6 is 15.9 Å². The molecule has 0 aromatic heterocycles. The van der Waals surface area contributed by atoms with Crippen LogP contribution in [-0.2, 0) is 0 Å². The average molecular weight is 285 g/mol. The number of hydrogen-bond acceptors (Lipinski definition) is 2. The maximum Gasteiger partial charge on any atom is 0.251 e. The Morgan fingerprint density at radius 3 is 2.62 bits per heavy atom. The maximum absolute atomic E-state index is 11.9. The van der Waals surface area contributed by atoms with Crippen LogP contribution in [0, 0.1) is 6.92 Å². The Bertz CT molecular complexity index is 402. The van der Waals surface area contributed by atoms with Crippen LogP contribution in [0.3, 0.4) is 0 Å². The number of halogens is 1. The Kier molecular flexibility index (Phi) is 4.10. The molecule has 0 aliphatic carbocycles. The van der Waals surface area contributed by atoms with E-state index in [1.54, 1.807) is 0 Å². The van der Waals surface area contributed by atoms with Gasteiger partial charge < -0.3 is 11.1 Å². The number of aryl methyl sites for hydroxylation is 1. The van der Waals surface area contributed by atoms with Gasteiger partial charge in [0.05, 0.1) is 0 Å². The highest BCUT2D eigenvalue weighted by atomic mass is 79.9. The van der Waals surface area contributed by atoms with Gasteiger partial charge in [0.25, 0.3) is 5.91 Å². The lowest BCUT2D eigenvalue weighted by atomic mass is 10.0. The molecule has 1 aromatic rings. The molecule has 1 amide bonds. The molecule has 0 radical (unpaired) electrons. The van der Waals surface area contributed by atoms with E-state index >= 15 is 0 Å². The molecule has 1 aromatic carbocycles. The first-order valence-electron chi connectivity index (χ1n) is 5.14. The van der Waals surface area contributed by atoms with Gasteiger partial charge in [0.2, 0.25) is 0 Å². The van der Waals surface area contributed by atoms with Gasteiger partial charge in [0.15, 0.2) is 0 Å². The summed E-state index contributed by atoms with van der Waals surface area (Å²) in [6.45, 7) is 6.18. The van der Waals surface area contributed by atoms with Crippen LogP contribution in [0.15, 0.2) is 22.7 Å². The molecule has 3 N–H and O–H groups in total. The minimum Gasteiger partial charge on any atom is -0.346 e. The predicted molar refractivity (Wildman–Crippen MR) is 69.5 cm³/mol. The van der Waals surface area contributed by atoms with Gasteiger partial charge in [-0.05, 0) is 38.5 Å². The monoisotopic (exact) mass is 284 g/mol. The second kappa shape index (κ2) is 4.97. The quantitative estimate of drug-likeness (QED) is 0.894. The lowest BCUT2D eigenvalue weighted by Crippen LogP contribution is -2.48. The van der Waals surface area contributed by atoms with E-state index in [9.17, 15) is 4.79 Å². The number of carbonyl (C=O) groups is 1. The molecular formula is C12H17BrN2O. The molecule has 0 heterocycles. The summed E-state index contributed by atoms with van der Waals surface area (Å²) < 4.78 is 0.936. The summed E-state index contributed by atoms with van der Waals surface area (Å²) in [6, 6.07) is 5.54. The van der Waals surface area contributed by atoms with Gasteiger partial charge in [0.1, 0.15) is 0 Å². The van der Waals surface area contributed by atoms with Gasteiger partial charge in [0, 0.05) is 22.1 Å². The molecule has 4 heteroatoms. The van der Waals surface area contributed by atoms with Crippen molar-refractivity contribution < 1.29 is 4.79 Å². The van der Waals surface area contributed by atoms with Crippen molar-refractivity contribution in [2.75, 3.05) is 6.54 Å². The van der Waals surface area contributed by atoms with Crippen molar-refractivity contribution in [3.63, 3.8) is 0 Å². The van der Waals surface area contributed by atoms with Crippen molar-refractivity contribution in [3.8, 4) is 0 Å². The fraction of sp³-hybridized carbons (Fsp3) is 0.417. The zero-order valence-electron chi connectivity index (χ0n) is 9.80. The Morgan fingerprint density at radius 2 is 2.12 bits per heavy atom. The molecule has 1 rings (SSSR count). The van der Waals surface area contributed by atoms with Gasteiger partial charge in [-0.15, -0.1) is 0 Å². The molecular weight excluding hydrogens is 268 g/mol. The highest BCUT2D eigenvalue weighted by molar-refractivity contribution is 9.10. The van der Waals surface area contributed by atoms with Gasteiger partial charge >= 0.3 is 0 Å². The number of carbonyl (C=O) groups excluding carboxylic acids is 1. The summed E-state index contributed by atoms with van der Waals surface area (Å²) >= 11 is 3.41. The minimum atomic E-state index is -0.381. The van der Waals surface area contributed by atoms with Gasteiger partial charge in [-0.2, -0.15) is 0 Å². The third-order valence-electron chi connectivity index (χ3n) is 2.40. The standard InChI is InChI=1S/C12H17BrN2O/c1-8-4-5-9(6-10(8)13)11(16)15-12(2,3)7-14/h4-6H,7,14H2,1-3H3,(H,15,16). The summed E-state index contributed by atoms with van der Waals surface area (Å²) in [7, 11) is 0. The number of nitrogens with two attached hydrogens (primary N) is 1. The summed E-state index contributed by atoms with van der Waals surface area (Å²) in [5.74, 6) is -0.101. The molecule has 0 saturated heterocycles. The van der Waals surface area contributed by atoms with Crippen molar-refractivity contribution in [2.45, 2.75) is 26.3 Å². The zero-order chi connectivity index (χ0) is 12.3. The minimum absolute atomic E-state index is 0.101. The lowest BCUT2D eigenvalue weighted by Gasteiger charge is -2.24. The first-order chi connectivity index (χ1) is 7.35. The summed E-state index contributed by atoms with van der Waals surface area (Å²) in [5, 5.41) is 2.88. The molecule has 0 saturated carbocycles. The first kappa shape index (κ1) is 13.2. The lowest BCUT2D eigenvalue weighted by molar-refractivity contribution is 0.0915. The highest BCUT2D eigenvalue weighted by Crippen LogP contribution is 2.17. The molecule has 0 atom stereocenters. The molecule has 0 spiro atoms. The van der Waals surface area contributed by atoms with E-state index in [1.165, 1.54) is 0 Å². The summed E-state index contributed by atoms with van der Waals surface area (Å²) in [5.41, 5.74) is 6.93. The van der Waals surface area contributed by atoms with Crippen molar-refractivity contribution in [2.24, 2.45) is 5.73 Å². The predicted octanol–water partition coefficient (Wildman–Crippen LogP) is 2.22. The SMILES string of the molecule is Cc1ccc(C(=O)NC(C)(C)CN)cc1Br. The second-order valence-corrected chi connectivity index (χ2v) is 5.36. The highest BCUT2D eigenvalue weighted by Gasteiger charge is 2.19. The molecule has 88 valence electrons. The molecule has 0 aliphatic heterocycles. The van der Waals surface area contributed by atoms with Crippen LogP contribution in [0.5, 0.6) is 0 Å². The van der Waals surface area contributed by atoms with Gasteiger partial charge in [-0.3, -0.25) is 4.79 Å². The van der Waals surface area contributed by atoms with Crippen LogP contribution in [0.2, 0.25) is 0 Å². The van der Waals surface area contributed by atoms with Crippen molar-refractivity contribution in [1.82, 2.24) is 5.32 Å². The van der Waals surface area contributed by atoms with E-state index in [-0.39, 0.29) is 11.4 Å². The van der Waals surface area contributed by atoms with E-state index in [1.807, 2.05) is 39.0 Å². The van der Waals surface area contributed by atoms with Gasteiger partial charge in [-0.25, -0.2) is 0 Å². The van der Waals surface area contributed by atoms with E-state index in [4.69, 9.17) is 5.73 Å². The summed E-state index contributed by atoms with van der Waals surface area (Å²) in [4.78, 5) is 11.9. The number of nitrogens with one attached hydrogen (secondary N) is 1. The second-order valence-electron chi connectivity index (χ2n) is 4.51. The largest absolute Gasteiger partial charge is 0.346 e. The van der Waals surface area contributed by atoms with E-state index in [2.05, 4.69) is 21.2 Å². The Labute approximate surface area is 105 Å². The average Bonchev–Trinajstić information content (AvgIpc) is 2.21. The molecule has 0 aliphatic rings. The Balaban J connectivity index is 2.85.